The van der Waals surface area contributed by atoms with Gasteiger partial charge in [-0.25, -0.2) is 4.79 Å². The minimum atomic E-state index is -0.943. The number of hydrogen-bond acceptors (Lipinski definition) is 6. The van der Waals surface area contributed by atoms with E-state index < -0.39 is 18.1 Å². The van der Waals surface area contributed by atoms with Crippen molar-refractivity contribution in [1.29, 1.82) is 0 Å². The summed E-state index contributed by atoms with van der Waals surface area (Å²) in [5.74, 6) is 0.0123. The average molecular weight is 670 g/mol. The molecule has 1 aliphatic heterocycles. The van der Waals surface area contributed by atoms with Crippen molar-refractivity contribution in [1.82, 2.24) is 10.6 Å². The number of ether oxygens (including phenoxy) is 3. The number of hydrogen-bond donors (Lipinski definition) is 3. The van der Waals surface area contributed by atoms with E-state index in [1.54, 1.807) is 0 Å². The molecule has 0 bridgehead atoms. The van der Waals surface area contributed by atoms with Crippen LogP contribution in [0.4, 0.5) is 10.5 Å². The van der Waals surface area contributed by atoms with Crippen LogP contribution in [-0.4, -0.2) is 57.1 Å². The summed E-state index contributed by atoms with van der Waals surface area (Å²) >= 11 is 0. The highest BCUT2D eigenvalue weighted by Crippen LogP contribution is 2.30. The molecule has 6 rings (SSSR count). The lowest BCUT2D eigenvalue weighted by Crippen LogP contribution is -2.48. The third-order valence-corrected chi connectivity index (χ3v) is 8.93. The fraction of sp³-hybridized carbons (Fsp3) is 0.238. The molecule has 1 aliphatic rings. The standard InChI is InChI=1S/C42H43N3O5/c1-48-42(47)45-40(39(33-16-7-3-8-17-33)34-18-9-4-10-19-34)41(46)44-38-20-12-11-15-32(38)23-26-36-27-43-28-37(50-36)29-49-35-24-21-31(22-25-35)30-13-5-2-6-14-30/h2-22,24-25,36-37,39-40,43H,23,26-29H2,1H3,(H,44,46)(H,45,47)/t36-,37+,40+/m1/s1. The fourth-order valence-corrected chi connectivity index (χ4v) is 6.38. The fourth-order valence-electron chi connectivity index (χ4n) is 6.38. The van der Waals surface area contributed by atoms with Crippen LogP contribution in [0.5, 0.6) is 5.75 Å². The van der Waals surface area contributed by atoms with Crippen molar-refractivity contribution in [3.8, 4) is 16.9 Å². The number of carbonyl (C=O) groups excluding carboxylic acids is 2. The summed E-state index contributed by atoms with van der Waals surface area (Å²) in [7, 11) is 1.29. The summed E-state index contributed by atoms with van der Waals surface area (Å²) in [5.41, 5.74) is 5.78. The maximum Gasteiger partial charge on any atom is 0.407 e. The number of anilines is 1. The van der Waals surface area contributed by atoms with Crippen molar-refractivity contribution in [2.45, 2.75) is 37.0 Å². The van der Waals surface area contributed by atoms with Crippen LogP contribution in [0.25, 0.3) is 11.1 Å². The van der Waals surface area contributed by atoms with E-state index in [2.05, 4.69) is 40.2 Å². The normalized spacial score (nSPS) is 16.3. The van der Waals surface area contributed by atoms with Crippen molar-refractivity contribution in [2.24, 2.45) is 0 Å². The molecule has 5 aromatic carbocycles. The number of benzene rings is 5. The molecule has 1 fully saturated rings. The summed E-state index contributed by atoms with van der Waals surface area (Å²) in [6, 6.07) is 44.6. The maximum atomic E-state index is 14.1. The summed E-state index contributed by atoms with van der Waals surface area (Å²) in [5, 5.41) is 9.43. The lowest BCUT2D eigenvalue weighted by atomic mass is 9.84. The summed E-state index contributed by atoms with van der Waals surface area (Å²) in [6.07, 6.45) is 0.655. The number of aryl methyl sites for hydroxylation is 1. The zero-order valence-corrected chi connectivity index (χ0v) is 28.2. The van der Waals surface area contributed by atoms with Gasteiger partial charge >= 0.3 is 6.09 Å². The van der Waals surface area contributed by atoms with Crippen LogP contribution in [-0.2, 0) is 20.7 Å². The maximum absolute atomic E-state index is 14.1. The Hall–Kier alpha value is -5.44. The zero-order valence-electron chi connectivity index (χ0n) is 28.2. The molecule has 0 spiro atoms. The van der Waals surface area contributed by atoms with E-state index >= 15 is 0 Å². The predicted octanol–water partition coefficient (Wildman–Crippen LogP) is 7.22. The van der Waals surface area contributed by atoms with Crippen LogP contribution in [0.2, 0.25) is 0 Å². The van der Waals surface area contributed by atoms with Crippen LogP contribution < -0.4 is 20.7 Å². The highest BCUT2D eigenvalue weighted by molar-refractivity contribution is 5.98. The first kappa shape index (κ1) is 34.4. The van der Waals surface area contributed by atoms with Crippen molar-refractivity contribution < 1.29 is 23.8 Å². The molecular weight excluding hydrogens is 626 g/mol. The largest absolute Gasteiger partial charge is 0.491 e. The molecule has 3 N–H and O–H groups in total. The molecule has 1 heterocycles. The Morgan fingerprint density at radius 1 is 0.740 bits per heavy atom. The average Bonchev–Trinajstić information content (AvgIpc) is 3.18. The van der Waals surface area contributed by atoms with Gasteiger partial charge in [0.15, 0.2) is 0 Å². The molecule has 5 aromatic rings. The molecule has 1 saturated heterocycles. The van der Waals surface area contributed by atoms with Gasteiger partial charge in [-0.3, -0.25) is 4.79 Å². The topological polar surface area (TPSA) is 97.9 Å². The van der Waals surface area contributed by atoms with Crippen LogP contribution in [0.15, 0.2) is 140 Å². The van der Waals surface area contributed by atoms with E-state index in [-0.39, 0.29) is 18.1 Å². The number of para-hydroxylation sites is 1. The van der Waals surface area contributed by atoms with Crippen LogP contribution >= 0.6 is 0 Å². The Morgan fingerprint density at radius 2 is 1.32 bits per heavy atom. The molecule has 8 nitrogen and oxygen atoms in total. The second-order valence-electron chi connectivity index (χ2n) is 12.3. The number of methoxy groups -OCH3 is 1. The highest BCUT2D eigenvalue weighted by Gasteiger charge is 2.33. The highest BCUT2D eigenvalue weighted by atomic mass is 16.5. The number of morpholine rings is 1. The summed E-state index contributed by atoms with van der Waals surface area (Å²) < 4.78 is 17.5. The van der Waals surface area contributed by atoms with Gasteiger partial charge in [0, 0.05) is 24.7 Å². The molecule has 0 aromatic heterocycles. The van der Waals surface area contributed by atoms with Gasteiger partial charge < -0.3 is 30.2 Å². The van der Waals surface area contributed by atoms with Gasteiger partial charge in [-0.2, -0.15) is 0 Å². The Bertz CT molecular complexity index is 1760. The van der Waals surface area contributed by atoms with E-state index in [4.69, 9.17) is 14.2 Å². The summed E-state index contributed by atoms with van der Waals surface area (Å²) in [6.45, 7) is 1.89. The van der Waals surface area contributed by atoms with Gasteiger partial charge in [-0.15, -0.1) is 0 Å². The number of alkyl carbamates (subject to hydrolysis) is 1. The lowest BCUT2D eigenvalue weighted by Gasteiger charge is -2.31. The van der Waals surface area contributed by atoms with E-state index in [0.29, 0.717) is 25.3 Å². The Labute approximate surface area is 293 Å². The van der Waals surface area contributed by atoms with Gasteiger partial charge in [-0.1, -0.05) is 121 Å². The van der Waals surface area contributed by atoms with Crippen molar-refractivity contribution in [3.05, 3.63) is 156 Å². The number of amides is 2. The second-order valence-corrected chi connectivity index (χ2v) is 12.3. The Kier molecular flexibility index (Phi) is 11.9. The molecule has 0 aliphatic carbocycles. The molecule has 8 heteroatoms. The monoisotopic (exact) mass is 669 g/mol. The van der Waals surface area contributed by atoms with Gasteiger partial charge in [-0.05, 0) is 58.9 Å². The van der Waals surface area contributed by atoms with E-state index in [1.165, 1.54) is 12.7 Å². The van der Waals surface area contributed by atoms with Crippen molar-refractivity contribution >= 4 is 17.7 Å². The minimum absolute atomic E-state index is 0.0177. The lowest BCUT2D eigenvalue weighted by molar-refractivity contribution is -0.118. The molecule has 2 amide bonds. The van der Waals surface area contributed by atoms with Crippen LogP contribution in [0, 0.1) is 0 Å². The molecule has 0 radical (unpaired) electrons. The van der Waals surface area contributed by atoms with Gasteiger partial charge in [0.1, 0.15) is 24.5 Å². The number of carbonyl (C=O) groups is 2. The quantitative estimate of drug-likeness (QED) is 0.123. The third-order valence-electron chi connectivity index (χ3n) is 8.93. The molecule has 0 saturated carbocycles. The Balaban J connectivity index is 1.09. The Morgan fingerprint density at radius 3 is 1.98 bits per heavy atom. The van der Waals surface area contributed by atoms with Gasteiger partial charge in [0.25, 0.3) is 0 Å². The van der Waals surface area contributed by atoms with E-state index in [1.807, 2.05) is 115 Å². The first-order valence-electron chi connectivity index (χ1n) is 17.0. The molecule has 3 atom stereocenters. The zero-order chi connectivity index (χ0) is 34.5. The van der Waals surface area contributed by atoms with Gasteiger partial charge in [0.05, 0.1) is 13.2 Å². The smallest absolute Gasteiger partial charge is 0.407 e. The van der Waals surface area contributed by atoms with E-state index in [0.717, 1.165) is 41.0 Å². The van der Waals surface area contributed by atoms with Gasteiger partial charge in [0.2, 0.25) is 5.91 Å². The van der Waals surface area contributed by atoms with Crippen molar-refractivity contribution in [3.63, 3.8) is 0 Å². The molecule has 0 unspecified atom stereocenters. The SMILES string of the molecule is COC(=O)N[C@H](C(=O)Nc1ccccc1CC[C@@H]1CNC[C@@H](COc2ccc(-c3ccccc3)cc2)O1)C(c1ccccc1)c1ccccc1. The van der Waals surface area contributed by atoms with Crippen LogP contribution in [0.1, 0.15) is 29.0 Å². The van der Waals surface area contributed by atoms with Crippen LogP contribution in [0.3, 0.4) is 0 Å². The molecular formula is C42H43N3O5. The van der Waals surface area contributed by atoms with Crippen molar-refractivity contribution in [2.75, 3.05) is 32.1 Å². The predicted molar refractivity (Wildman–Crippen MR) is 196 cm³/mol. The number of rotatable bonds is 13. The number of nitrogens with one attached hydrogen (secondary N) is 3. The summed E-state index contributed by atoms with van der Waals surface area (Å²) in [4.78, 5) is 26.7. The minimum Gasteiger partial charge on any atom is -0.491 e. The first-order valence-corrected chi connectivity index (χ1v) is 17.0. The molecule has 50 heavy (non-hydrogen) atoms. The third kappa shape index (κ3) is 9.16. The van der Waals surface area contributed by atoms with E-state index in [9.17, 15) is 9.59 Å². The first-order chi connectivity index (χ1) is 24.6. The molecule has 256 valence electrons. The second kappa shape index (κ2) is 17.3.